The maximum absolute atomic E-state index is 6.21. The van der Waals surface area contributed by atoms with Gasteiger partial charge in [-0.1, -0.05) is 19.0 Å². The lowest BCUT2D eigenvalue weighted by molar-refractivity contribution is -0.0221. The molecule has 0 aromatic carbocycles. The molecular formula is C12H23N3O2. The minimum Gasteiger partial charge on any atom is -0.368 e. The van der Waals surface area contributed by atoms with Crippen molar-refractivity contribution in [1.82, 2.24) is 10.1 Å². The van der Waals surface area contributed by atoms with Crippen LogP contribution in [0.15, 0.2) is 4.52 Å². The fourth-order valence-corrected chi connectivity index (χ4v) is 1.65. The predicted octanol–water partition coefficient (Wildman–Crippen LogP) is 2.32. The minimum atomic E-state index is -0.543. The number of hydrogen-bond acceptors (Lipinski definition) is 5. The van der Waals surface area contributed by atoms with Gasteiger partial charge in [0, 0.05) is 6.61 Å². The van der Waals surface area contributed by atoms with Gasteiger partial charge in [-0.15, -0.1) is 0 Å². The second-order valence-electron chi connectivity index (χ2n) is 4.73. The van der Waals surface area contributed by atoms with Crippen molar-refractivity contribution in [3.63, 3.8) is 0 Å². The fraction of sp³-hybridized carbons (Fsp3) is 0.833. The van der Waals surface area contributed by atoms with Crippen LogP contribution in [0.25, 0.3) is 0 Å². The Morgan fingerprint density at radius 1 is 1.24 bits per heavy atom. The van der Waals surface area contributed by atoms with E-state index >= 15 is 0 Å². The van der Waals surface area contributed by atoms with E-state index in [-0.39, 0.29) is 0 Å². The van der Waals surface area contributed by atoms with Crippen molar-refractivity contribution in [2.24, 2.45) is 5.73 Å². The number of ether oxygens (including phenoxy) is 1. The first-order chi connectivity index (χ1) is 7.89. The molecule has 0 saturated heterocycles. The summed E-state index contributed by atoms with van der Waals surface area (Å²) in [4.78, 5) is 4.39. The van der Waals surface area contributed by atoms with Gasteiger partial charge in [0.1, 0.15) is 5.60 Å². The van der Waals surface area contributed by atoms with Crippen LogP contribution in [0.1, 0.15) is 59.2 Å². The van der Waals surface area contributed by atoms with Crippen molar-refractivity contribution in [3.05, 3.63) is 11.7 Å². The van der Waals surface area contributed by atoms with Crippen LogP contribution in [0.5, 0.6) is 0 Å². The first kappa shape index (κ1) is 14.1. The standard InChI is InChI=1S/C12H23N3O2/c1-6-12(13,7-2)10-14-9(15-17-10)11(4,5)16-8-3/h6-8,13H2,1-5H3. The third-order valence-corrected chi connectivity index (χ3v) is 3.16. The van der Waals surface area contributed by atoms with Crippen molar-refractivity contribution in [2.75, 3.05) is 6.61 Å². The van der Waals surface area contributed by atoms with E-state index in [4.69, 9.17) is 15.0 Å². The summed E-state index contributed by atoms with van der Waals surface area (Å²) in [6.45, 7) is 10.4. The second kappa shape index (κ2) is 5.14. The average Bonchev–Trinajstić information content (AvgIpc) is 2.78. The van der Waals surface area contributed by atoms with Crippen LogP contribution in [0.2, 0.25) is 0 Å². The molecule has 1 aromatic heterocycles. The summed E-state index contributed by atoms with van der Waals surface area (Å²) in [6.07, 6.45) is 1.53. The zero-order valence-corrected chi connectivity index (χ0v) is 11.4. The van der Waals surface area contributed by atoms with Crippen molar-refractivity contribution < 1.29 is 9.26 Å². The highest BCUT2D eigenvalue weighted by Gasteiger charge is 2.34. The Labute approximate surface area is 103 Å². The average molecular weight is 241 g/mol. The number of aromatic nitrogens is 2. The Balaban J connectivity index is 2.99. The lowest BCUT2D eigenvalue weighted by Gasteiger charge is -2.22. The van der Waals surface area contributed by atoms with E-state index in [1.54, 1.807) is 0 Å². The fourth-order valence-electron chi connectivity index (χ4n) is 1.65. The molecule has 0 atom stereocenters. The molecule has 1 aromatic rings. The maximum Gasteiger partial charge on any atom is 0.246 e. The molecule has 0 fully saturated rings. The van der Waals surface area contributed by atoms with Crippen molar-refractivity contribution in [3.8, 4) is 0 Å². The molecule has 0 radical (unpaired) electrons. The number of nitrogens with two attached hydrogens (primary N) is 1. The first-order valence-corrected chi connectivity index (χ1v) is 6.17. The van der Waals surface area contributed by atoms with Crippen LogP contribution in [0.4, 0.5) is 0 Å². The predicted molar refractivity (Wildman–Crippen MR) is 65.4 cm³/mol. The summed E-state index contributed by atoms with van der Waals surface area (Å²) >= 11 is 0. The van der Waals surface area contributed by atoms with E-state index < -0.39 is 11.1 Å². The molecule has 0 spiro atoms. The summed E-state index contributed by atoms with van der Waals surface area (Å²) in [6, 6.07) is 0. The Hall–Kier alpha value is -0.940. The maximum atomic E-state index is 6.21. The number of hydrogen-bond donors (Lipinski definition) is 1. The molecule has 0 unspecified atom stereocenters. The number of rotatable bonds is 6. The number of nitrogens with zero attached hydrogens (tertiary/aromatic N) is 2. The van der Waals surface area contributed by atoms with E-state index in [1.807, 2.05) is 34.6 Å². The molecule has 5 nitrogen and oxygen atoms in total. The normalized spacial score (nSPS) is 13.1. The highest BCUT2D eigenvalue weighted by molar-refractivity contribution is 5.05. The molecule has 98 valence electrons. The highest BCUT2D eigenvalue weighted by Crippen LogP contribution is 2.27. The zero-order chi connectivity index (χ0) is 13.1. The van der Waals surface area contributed by atoms with Crippen molar-refractivity contribution >= 4 is 0 Å². The molecule has 0 bridgehead atoms. The Morgan fingerprint density at radius 2 is 1.82 bits per heavy atom. The van der Waals surface area contributed by atoms with E-state index in [2.05, 4.69) is 10.1 Å². The third-order valence-electron chi connectivity index (χ3n) is 3.16. The monoisotopic (exact) mass is 241 g/mol. The van der Waals surface area contributed by atoms with Gasteiger partial charge in [-0.3, -0.25) is 0 Å². The molecule has 0 aliphatic heterocycles. The lowest BCUT2D eigenvalue weighted by Crippen LogP contribution is -2.35. The van der Waals surface area contributed by atoms with Crippen LogP contribution in [0, 0.1) is 0 Å². The Bertz CT molecular complexity index is 356. The van der Waals surface area contributed by atoms with Crippen LogP contribution in [0.3, 0.4) is 0 Å². The summed E-state index contributed by atoms with van der Waals surface area (Å²) in [5.74, 6) is 1.04. The molecule has 0 amide bonds. The van der Waals surface area contributed by atoms with Crippen LogP contribution in [-0.2, 0) is 15.9 Å². The van der Waals surface area contributed by atoms with Crippen LogP contribution >= 0.6 is 0 Å². The van der Waals surface area contributed by atoms with Crippen LogP contribution in [-0.4, -0.2) is 16.7 Å². The topological polar surface area (TPSA) is 74.2 Å². The van der Waals surface area contributed by atoms with Gasteiger partial charge in [0.15, 0.2) is 0 Å². The summed E-state index contributed by atoms with van der Waals surface area (Å²) in [5, 5.41) is 3.98. The smallest absolute Gasteiger partial charge is 0.246 e. The molecule has 0 aliphatic carbocycles. The quantitative estimate of drug-likeness (QED) is 0.827. The van der Waals surface area contributed by atoms with E-state index in [1.165, 1.54) is 0 Å². The molecule has 0 saturated carbocycles. The van der Waals surface area contributed by atoms with Gasteiger partial charge in [0.25, 0.3) is 0 Å². The van der Waals surface area contributed by atoms with Gasteiger partial charge in [-0.2, -0.15) is 4.98 Å². The van der Waals surface area contributed by atoms with E-state index in [0.29, 0.717) is 18.3 Å². The van der Waals surface area contributed by atoms with Gasteiger partial charge < -0.3 is 15.0 Å². The summed E-state index contributed by atoms with van der Waals surface area (Å²) < 4.78 is 10.9. The summed E-state index contributed by atoms with van der Waals surface area (Å²) in [7, 11) is 0. The second-order valence-corrected chi connectivity index (χ2v) is 4.73. The van der Waals surface area contributed by atoms with Gasteiger partial charge in [0.05, 0.1) is 5.54 Å². The van der Waals surface area contributed by atoms with Crippen molar-refractivity contribution in [1.29, 1.82) is 0 Å². The zero-order valence-electron chi connectivity index (χ0n) is 11.4. The molecule has 2 N–H and O–H groups in total. The first-order valence-electron chi connectivity index (χ1n) is 6.17. The Morgan fingerprint density at radius 3 is 2.29 bits per heavy atom. The molecule has 5 heteroatoms. The van der Waals surface area contributed by atoms with Crippen LogP contribution < -0.4 is 5.73 Å². The lowest BCUT2D eigenvalue weighted by atomic mass is 9.94. The van der Waals surface area contributed by atoms with Gasteiger partial charge in [0.2, 0.25) is 11.7 Å². The van der Waals surface area contributed by atoms with E-state index in [0.717, 1.165) is 12.8 Å². The van der Waals surface area contributed by atoms with Gasteiger partial charge in [-0.25, -0.2) is 0 Å². The van der Waals surface area contributed by atoms with Gasteiger partial charge >= 0.3 is 0 Å². The largest absolute Gasteiger partial charge is 0.368 e. The summed E-state index contributed by atoms with van der Waals surface area (Å²) in [5.41, 5.74) is 5.13. The SMILES string of the molecule is CCOC(C)(C)c1noc(C(N)(CC)CC)n1. The Kier molecular flexibility index (Phi) is 4.27. The highest BCUT2D eigenvalue weighted by atomic mass is 16.5. The van der Waals surface area contributed by atoms with Crippen molar-refractivity contribution in [2.45, 2.75) is 58.6 Å². The minimum absolute atomic E-state index is 0.491. The van der Waals surface area contributed by atoms with Gasteiger partial charge in [-0.05, 0) is 33.6 Å². The molecule has 0 aliphatic rings. The van der Waals surface area contributed by atoms with E-state index in [9.17, 15) is 0 Å². The molecule has 17 heavy (non-hydrogen) atoms. The molecule has 1 heterocycles. The molecular weight excluding hydrogens is 218 g/mol. The molecule has 1 rings (SSSR count). The third kappa shape index (κ3) is 2.84.